The maximum Gasteiger partial charge on any atom is 0.147 e. The Morgan fingerprint density at radius 1 is 1.47 bits per heavy atom. The minimum Gasteiger partial charge on any atom is -0.376 e. The third-order valence-electron chi connectivity index (χ3n) is 2.55. The third kappa shape index (κ3) is 2.58. The van der Waals surface area contributed by atoms with Gasteiger partial charge in [0, 0.05) is 12.7 Å². The van der Waals surface area contributed by atoms with E-state index in [-0.39, 0.29) is 5.82 Å². The van der Waals surface area contributed by atoms with Gasteiger partial charge in [0.2, 0.25) is 0 Å². The van der Waals surface area contributed by atoms with Crippen LogP contribution in [0.2, 0.25) is 5.02 Å². The largest absolute Gasteiger partial charge is 0.376 e. The van der Waals surface area contributed by atoms with E-state index in [1.54, 1.807) is 24.7 Å². The highest BCUT2D eigenvalue weighted by molar-refractivity contribution is 6.33. The zero-order valence-corrected chi connectivity index (χ0v) is 10.2. The van der Waals surface area contributed by atoms with Gasteiger partial charge in [-0.15, -0.1) is 0 Å². The van der Waals surface area contributed by atoms with Gasteiger partial charge in [0.25, 0.3) is 0 Å². The molecule has 1 aromatic heterocycles. The lowest BCUT2D eigenvalue weighted by atomic mass is 10.3. The highest BCUT2D eigenvalue weighted by Crippen LogP contribution is 2.24. The van der Waals surface area contributed by atoms with Gasteiger partial charge in [-0.1, -0.05) is 17.7 Å². The van der Waals surface area contributed by atoms with Crippen molar-refractivity contribution in [3.63, 3.8) is 0 Å². The lowest BCUT2D eigenvalue weighted by Crippen LogP contribution is -2.07. The van der Waals surface area contributed by atoms with Crippen LogP contribution in [0.15, 0.2) is 30.7 Å². The average Bonchev–Trinajstić information content (AvgIpc) is 2.76. The number of aromatic nitrogens is 2. The van der Waals surface area contributed by atoms with E-state index in [1.165, 1.54) is 6.07 Å². The zero-order valence-electron chi connectivity index (χ0n) is 9.45. The van der Waals surface area contributed by atoms with Gasteiger partial charge in [0.15, 0.2) is 0 Å². The predicted octanol–water partition coefficient (Wildman–Crippen LogP) is 3.31. The SMILES string of the molecule is CCn1cncc1CNc1c(F)cccc1Cl. The Morgan fingerprint density at radius 3 is 3.00 bits per heavy atom. The van der Waals surface area contributed by atoms with Gasteiger partial charge in [0.1, 0.15) is 5.82 Å². The van der Waals surface area contributed by atoms with Crippen LogP contribution < -0.4 is 5.32 Å². The Bertz CT molecular complexity index is 490. The van der Waals surface area contributed by atoms with Crippen LogP contribution in [0.4, 0.5) is 10.1 Å². The summed E-state index contributed by atoms with van der Waals surface area (Å²) in [7, 11) is 0. The van der Waals surface area contributed by atoms with Crippen LogP contribution >= 0.6 is 11.6 Å². The monoisotopic (exact) mass is 253 g/mol. The highest BCUT2D eigenvalue weighted by Gasteiger charge is 2.07. The summed E-state index contributed by atoms with van der Waals surface area (Å²) in [5, 5.41) is 3.37. The van der Waals surface area contributed by atoms with Gasteiger partial charge in [-0.2, -0.15) is 0 Å². The molecule has 0 radical (unpaired) electrons. The Hall–Kier alpha value is -1.55. The molecule has 2 aromatic rings. The van der Waals surface area contributed by atoms with E-state index < -0.39 is 0 Å². The van der Waals surface area contributed by atoms with Crippen molar-refractivity contribution in [1.82, 2.24) is 9.55 Å². The Kier molecular flexibility index (Phi) is 3.64. The van der Waals surface area contributed by atoms with E-state index in [2.05, 4.69) is 10.3 Å². The number of anilines is 1. The molecule has 0 bridgehead atoms. The number of imidazole rings is 1. The van der Waals surface area contributed by atoms with Crippen LogP contribution in [-0.2, 0) is 13.1 Å². The Morgan fingerprint density at radius 2 is 2.29 bits per heavy atom. The van der Waals surface area contributed by atoms with E-state index in [1.807, 2.05) is 11.5 Å². The van der Waals surface area contributed by atoms with Crippen molar-refractivity contribution < 1.29 is 4.39 Å². The molecule has 1 heterocycles. The smallest absolute Gasteiger partial charge is 0.147 e. The van der Waals surface area contributed by atoms with Crippen molar-refractivity contribution in [2.24, 2.45) is 0 Å². The molecule has 1 N–H and O–H groups in total. The molecule has 0 saturated heterocycles. The molecule has 17 heavy (non-hydrogen) atoms. The van der Waals surface area contributed by atoms with Crippen molar-refractivity contribution in [2.45, 2.75) is 20.0 Å². The molecule has 0 fully saturated rings. The fraction of sp³-hybridized carbons (Fsp3) is 0.250. The molecule has 0 saturated carbocycles. The van der Waals surface area contributed by atoms with Crippen molar-refractivity contribution in [3.8, 4) is 0 Å². The second kappa shape index (κ2) is 5.19. The minimum atomic E-state index is -0.347. The maximum absolute atomic E-state index is 13.5. The Labute approximate surface area is 104 Å². The molecule has 0 amide bonds. The number of nitrogens with one attached hydrogen (secondary N) is 1. The first-order valence-electron chi connectivity index (χ1n) is 5.39. The van der Waals surface area contributed by atoms with Crippen LogP contribution in [0.5, 0.6) is 0 Å². The number of benzene rings is 1. The van der Waals surface area contributed by atoms with Crippen LogP contribution in [-0.4, -0.2) is 9.55 Å². The third-order valence-corrected chi connectivity index (χ3v) is 2.86. The van der Waals surface area contributed by atoms with Crippen LogP contribution in [0, 0.1) is 5.82 Å². The number of halogens is 2. The molecule has 0 aliphatic rings. The molecule has 0 spiro atoms. The lowest BCUT2D eigenvalue weighted by Gasteiger charge is -2.10. The molecule has 3 nitrogen and oxygen atoms in total. The number of nitrogens with zero attached hydrogens (tertiary/aromatic N) is 2. The molecule has 2 rings (SSSR count). The van der Waals surface area contributed by atoms with E-state index in [9.17, 15) is 4.39 Å². The summed E-state index contributed by atoms with van der Waals surface area (Å²) in [4.78, 5) is 4.05. The number of hydrogen-bond acceptors (Lipinski definition) is 2. The highest BCUT2D eigenvalue weighted by atomic mass is 35.5. The molecule has 5 heteroatoms. The number of para-hydroxylation sites is 1. The number of hydrogen-bond donors (Lipinski definition) is 1. The lowest BCUT2D eigenvalue weighted by molar-refractivity contribution is 0.629. The molecule has 0 atom stereocenters. The molecule has 1 aromatic carbocycles. The van der Waals surface area contributed by atoms with Gasteiger partial charge >= 0.3 is 0 Å². The average molecular weight is 254 g/mol. The van der Waals surface area contributed by atoms with Crippen molar-refractivity contribution in [2.75, 3.05) is 5.32 Å². The maximum atomic E-state index is 13.5. The summed E-state index contributed by atoms with van der Waals surface area (Å²) in [6.45, 7) is 3.36. The van der Waals surface area contributed by atoms with Crippen molar-refractivity contribution in [1.29, 1.82) is 0 Å². The van der Waals surface area contributed by atoms with Gasteiger partial charge in [-0.25, -0.2) is 9.37 Å². The van der Waals surface area contributed by atoms with Gasteiger partial charge in [-0.3, -0.25) is 0 Å². The summed E-state index contributed by atoms with van der Waals surface area (Å²) in [6, 6.07) is 4.62. The first-order valence-corrected chi connectivity index (χ1v) is 5.77. The number of rotatable bonds is 4. The van der Waals surface area contributed by atoms with Gasteiger partial charge in [-0.05, 0) is 19.1 Å². The summed E-state index contributed by atoms with van der Waals surface area (Å²) in [5.74, 6) is -0.347. The summed E-state index contributed by atoms with van der Waals surface area (Å²) >= 11 is 5.92. The van der Waals surface area contributed by atoms with Crippen molar-refractivity contribution >= 4 is 17.3 Å². The van der Waals surface area contributed by atoms with E-state index in [4.69, 9.17) is 11.6 Å². The fourth-order valence-corrected chi connectivity index (χ4v) is 1.86. The van der Waals surface area contributed by atoms with Crippen LogP contribution in [0.25, 0.3) is 0 Å². The first kappa shape index (κ1) is 11.9. The molecule has 0 aliphatic carbocycles. The molecule has 0 unspecified atom stereocenters. The standard InChI is InChI=1S/C12H13ClFN3/c1-2-17-8-15-6-9(17)7-16-12-10(13)4-3-5-11(12)14/h3-6,8,16H,2,7H2,1H3. The molecular formula is C12H13ClFN3. The second-order valence-electron chi connectivity index (χ2n) is 3.62. The van der Waals surface area contributed by atoms with Crippen LogP contribution in [0.1, 0.15) is 12.6 Å². The molecule has 90 valence electrons. The summed E-state index contributed by atoms with van der Waals surface area (Å²) in [5.41, 5.74) is 1.32. The van der Waals surface area contributed by atoms with Gasteiger partial charge < -0.3 is 9.88 Å². The predicted molar refractivity (Wildman–Crippen MR) is 66.6 cm³/mol. The number of aryl methyl sites for hydroxylation is 1. The second-order valence-corrected chi connectivity index (χ2v) is 4.03. The van der Waals surface area contributed by atoms with Gasteiger partial charge in [0.05, 0.1) is 29.3 Å². The van der Waals surface area contributed by atoms with Crippen LogP contribution in [0.3, 0.4) is 0 Å². The summed E-state index contributed by atoms with van der Waals surface area (Å²) < 4.78 is 15.5. The fourth-order valence-electron chi connectivity index (χ4n) is 1.63. The van der Waals surface area contributed by atoms with E-state index >= 15 is 0 Å². The summed E-state index contributed by atoms with van der Waals surface area (Å²) in [6.07, 6.45) is 3.51. The van der Waals surface area contributed by atoms with E-state index in [0.29, 0.717) is 17.3 Å². The normalized spacial score (nSPS) is 10.5. The quantitative estimate of drug-likeness (QED) is 0.906. The molecular weight excluding hydrogens is 241 g/mol. The first-order chi connectivity index (χ1) is 8.22. The van der Waals surface area contributed by atoms with Crippen molar-refractivity contribution in [3.05, 3.63) is 47.3 Å². The van der Waals surface area contributed by atoms with E-state index in [0.717, 1.165) is 12.2 Å². The Balaban J connectivity index is 2.13. The molecule has 0 aliphatic heterocycles. The topological polar surface area (TPSA) is 29.9 Å². The minimum absolute atomic E-state index is 0.331. The zero-order chi connectivity index (χ0) is 12.3.